The molecular weight excluding hydrogens is 507 g/mol. The van der Waals surface area contributed by atoms with Crippen molar-refractivity contribution in [2.24, 2.45) is 10.7 Å². The largest absolute Gasteiger partial charge is 0.491 e. The summed E-state index contributed by atoms with van der Waals surface area (Å²) in [5, 5.41) is 9.94. The maximum absolute atomic E-state index is 12.1. The van der Waals surface area contributed by atoms with Crippen molar-refractivity contribution in [1.29, 1.82) is 0 Å². The minimum absolute atomic E-state index is 0. The second-order valence-corrected chi connectivity index (χ2v) is 6.97. The van der Waals surface area contributed by atoms with E-state index in [9.17, 15) is 4.79 Å². The Morgan fingerprint density at radius 2 is 1.90 bits per heavy atom. The standard InChI is InChI=1S/C22H26N6O2.HI/c1-16(2)30-20-9-7-18(8-10-20)27-22(23)24-14-17-5-3-6-19(13-17)26-21(29)15-28-12-4-11-25-28;/h3-13,16H,14-15H2,1-2H3,(H,26,29)(H3,23,24,27);1H. The van der Waals surface area contributed by atoms with Crippen LogP contribution in [0.1, 0.15) is 19.4 Å². The fourth-order valence-corrected chi connectivity index (χ4v) is 2.74. The Hall–Kier alpha value is -3.08. The molecule has 164 valence electrons. The van der Waals surface area contributed by atoms with Gasteiger partial charge in [-0.05, 0) is 61.9 Å². The summed E-state index contributed by atoms with van der Waals surface area (Å²) < 4.78 is 7.19. The second kappa shape index (κ2) is 11.9. The Labute approximate surface area is 198 Å². The monoisotopic (exact) mass is 534 g/mol. The van der Waals surface area contributed by atoms with Gasteiger partial charge in [0.05, 0.1) is 12.6 Å². The Balaban J connectivity index is 0.00000341. The van der Waals surface area contributed by atoms with Gasteiger partial charge in [-0.15, -0.1) is 24.0 Å². The molecule has 4 N–H and O–H groups in total. The van der Waals surface area contributed by atoms with Crippen molar-refractivity contribution in [1.82, 2.24) is 9.78 Å². The van der Waals surface area contributed by atoms with Crippen molar-refractivity contribution in [3.63, 3.8) is 0 Å². The van der Waals surface area contributed by atoms with Crippen LogP contribution in [0.25, 0.3) is 0 Å². The first-order valence-corrected chi connectivity index (χ1v) is 9.68. The first-order valence-electron chi connectivity index (χ1n) is 9.68. The van der Waals surface area contributed by atoms with E-state index in [0.717, 1.165) is 17.0 Å². The summed E-state index contributed by atoms with van der Waals surface area (Å²) in [6.45, 7) is 4.51. The molecule has 31 heavy (non-hydrogen) atoms. The zero-order valence-corrected chi connectivity index (χ0v) is 19.8. The van der Waals surface area contributed by atoms with Crippen LogP contribution >= 0.6 is 24.0 Å². The number of guanidine groups is 1. The van der Waals surface area contributed by atoms with Crippen LogP contribution in [-0.4, -0.2) is 27.8 Å². The maximum Gasteiger partial charge on any atom is 0.246 e. The Morgan fingerprint density at radius 3 is 2.58 bits per heavy atom. The molecule has 1 heterocycles. The Bertz CT molecular complexity index is 988. The lowest BCUT2D eigenvalue weighted by Crippen LogP contribution is -2.22. The molecule has 0 bridgehead atoms. The van der Waals surface area contributed by atoms with E-state index in [1.807, 2.05) is 62.4 Å². The summed E-state index contributed by atoms with van der Waals surface area (Å²) in [5.74, 6) is 0.962. The molecule has 0 aliphatic carbocycles. The number of benzene rings is 2. The molecule has 0 saturated heterocycles. The third kappa shape index (κ3) is 8.28. The fraction of sp³-hybridized carbons (Fsp3) is 0.227. The van der Waals surface area contributed by atoms with Crippen LogP contribution in [0.15, 0.2) is 72.0 Å². The highest BCUT2D eigenvalue weighted by atomic mass is 127. The number of halogens is 1. The van der Waals surface area contributed by atoms with Crippen LogP contribution in [0, 0.1) is 0 Å². The van der Waals surface area contributed by atoms with E-state index in [1.54, 1.807) is 23.1 Å². The lowest BCUT2D eigenvalue weighted by molar-refractivity contribution is -0.116. The summed E-state index contributed by atoms with van der Waals surface area (Å²) in [5.41, 5.74) is 8.45. The zero-order valence-electron chi connectivity index (χ0n) is 17.5. The van der Waals surface area contributed by atoms with E-state index in [2.05, 4.69) is 20.7 Å². The van der Waals surface area contributed by atoms with E-state index in [0.29, 0.717) is 18.2 Å². The minimum atomic E-state index is -0.148. The van der Waals surface area contributed by atoms with Gasteiger partial charge < -0.3 is 21.1 Å². The number of rotatable bonds is 8. The SMILES string of the molecule is CC(C)Oc1ccc(NC(N)=NCc2cccc(NC(=O)Cn3cccn3)c2)cc1.I. The number of carbonyl (C=O) groups excluding carboxylic acids is 1. The highest BCUT2D eigenvalue weighted by Crippen LogP contribution is 2.17. The molecule has 8 nitrogen and oxygen atoms in total. The first kappa shape index (κ1) is 24.2. The van der Waals surface area contributed by atoms with Crippen LogP contribution < -0.4 is 21.1 Å². The van der Waals surface area contributed by atoms with Crippen LogP contribution in [0.4, 0.5) is 11.4 Å². The second-order valence-electron chi connectivity index (χ2n) is 6.97. The van der Waals surface area contributed by atoms with Crippen molar-refractivity contribution < 1.29 is 9.53 Å². The molecule has 3 rings (SSSR count). The van der Waals surface area contributed by atoms with E-state index in [1.165, 1.54) is 0 Å². The number of nitrogens with two attached hydrogens (primary N) is 1. The number of amides is 1. The van der Waals surface area contributed by atoms with Crippen molar-refractivity contribution in [2.45, 2.75) is 33.0 Å². The van der Waals surface area contributed by atoms with Crippen LogP contribution in [-0.2, 0) is 17.9 Å². The fourth-order valence-electron chi connectivity index (χ4n) is 2.74. The van der Waals surface area contributed by atoms with Gasteiger partial charge in [0, 0.05) is 23.8 Å². The van der Waals surface area contributed by atoms with E-state index in [4.69, 9.17) is 10.5 Å². The summed E-state index contributed by atoms with van der Waals surface area (Å²) in [4.78, 5) is 16.5. The van der Waals surface area contributed by atoms with Crippen molar-refractivity contribution in [3.05, 3.63) is 72.6 Å². The van der Waals surface area contributed by atoms with Crippen molar-refractivity contribution >= 4 is 47.2 Å². The van der Waals surface area contributed by atoms with Gasteiger partial charge in [-0.1, -0.05) is 12.1 Å². The molecule has 0 atom stereocenters. The molecule has 1 amide bonds. The molecule has 0 fully saturated rings. The minimum Gasteiger partial charge on any atom is -0.491 e. The van der Waals surface area contributed by atoms with Gasteiger partial charge in [0.1, 0.15) is 12.3 Å². The van der Waals surface area contributed by atoms with Gasteiger partial charge in [-0.25, -0.2) is 4.99 Å². The molecule has 1 aromatic heterocycles. The van der Waals surface area contributed by atoms with E-state index < -0.39 is 0 Å². The molecule has 0 aliphatic rings. The highest BCUT2D eigenvalue weighted by molar-refractivity contribution is 14.0. The van der Waals surface area contributed by atoms with Gasteiger partial charge in [0.15, 0.2) is 5.96 Å². The Morgan fingerprint density at radius 1 is 1.13 bits per heavy atom. The third-order valence-corrected chi connectivity index (χ3v) is 4.01. The lowest BCUT2D eigenvalue weighted by atomic mass is 10.2. The molecule has 2 aromatic carbocycles. The van der Waals surface area contributed by atoms with Gasteiger partial charge in [-0.3, -0.25) is 9.48 Å². The predicted molar refractivity (Wildman–Crippen MR) is 134 cm³/mol. The average molecular weight is 534 g/mol. The quantitative estimate of drug-likeness (QED) is 0.231. The van der Waals surface area contributed by atoms with E-state index >= 15 is 0 Å². The molecule has 0 aliphatic heterocycles. The van der Waals surface area contributed by atoms with Crippen LogP contribution in [0.5, 0.6) is 5.75 Å². The molecule has 3 aromatic rings. The highest BCUT2D eigenvalue weighted by Gasteiger charge is 2.05. The molecular formula is C22H27IN6O2. The van der Waals surface area contributed by atoms with Crippen LogP contribution in [0.3, 0.4) is 0 Å². The molecule has 9 heteroatoms. The molecule has 0 spiro atoms. The van der Waals surface area contributed by atoms with E-state index in [-0.39, 0.29) is 42.5 Å². The third-order valence-electron chi connectivity index (χ3n) is 4.01. The number of aromatic nitrogens is 2. The van der Waals surface area contributed by atoms with Gasteiger partial charge in [0.25, 0.3) is 0 Å². The number of aliphatic imine (C=N–C) groups is 1. The van der Waals surface area contributed by atoms with Gasteiger partial charge in [0.2, 0.25) is 5.91 Å². The number of ether oxygens (including phenoxy) is 1. The van der Waals surface area contributed by atoms with Crippen molar-refractivity contribution in [2.75, 3.05) is 10.6 Å². The normalized spacial score (nSPS) is 11.0. The zero-order chi connectivity index (χ0) is 21.3. The summed E-state index contributed by atoms with van der Waals surface area (Å²) in [6, 6.07) is 16.8. The summed E-state index contributed by atoms with van der Waals surface area (Å²) in [7, 11) is 0. The van der Waals surface area contributed by atoms with Gasteiger partial charge in [-0.2, -0.15) is 5.10 Å². The van der Waals surface area contributed by atoms with Gasteiger partial charge >= 0.3 is 0 Å². The first-order chi connectivity index (χ1) is 14.5. The average Bonchev–Trinajstić information content (AvgIpc) is 3.21. The summed E-state index contributed by atoms with van der Waals surface area (Å²) >= 11 is 0. The molecule has 0 unspecified atom stereocenters. The summed E-state index contributed by atoms with van der Waals surface area (Å²) in [6.07, 6.45) is 3.50. The number of nitrogens with one attached hydrogen (secondary N) is 2. The number of carbonyl (C=O) groups is 1. The lowest BCUT2D eigenvalue weighted by Gasteiger charge is -2.11. The maximum atomic E-state index is 12.1. The number of anilines is 2. The molecule has 0 saturated carbocycles. The number of nitrogens with zero attached hydrogens (tertiary/aromatic N) is 3. The molecule has 0 radical (unpaired) electrons. The predicted octanol–water partition coefficient (Wildman–Crippen LogP) is 3.85. The van der Waals surface area contributed by atoms with Crippen LogP contribution in [0.2, 0.25) is 0 Å². The topological polar surface area (TPSA) is 107 Å². The smallest absolute Gasteiger partial charge is 0.246 e. The Kier molecular flexibility index (Phi) is 9.32. The number of hydrogen-bond donors (Lipinski definition) is 3. The number of hydrogen-bond acceptors (Lipinski definition) is 4. The van der Waals surface area contributed by atoms with Crippen molar-refractivity contribution in [3.8, 4) is 5.75 Å².